The minimum absolute atomic E-state index is 0.331. The molecule has 22 heavy (non-hydrogen) atoms. The van der Waals surface area contributed by atoms with Gasteiger partial charge in [0.15, 0.2) is 0 Å². The zero-order valence-corrected chi connectivity index (χ0v) is 13.9. The van der Waals surface area contributed by atoms with E-state index in [1.54, 1.807) is 6.26 Å². The molecule has 1 aliphatic carbocycles. The normalized spacial score (nSPS) is 22.3. The molecular weight excluding hydrogens is 280 g/mol. The molecule has 2 atom stereocenters. The molecule has 0 spiro atoms. The van der Waals surface area contributed by atoms with Crippen molar-refractivity contribution in [3.05, 3.63) is 24.2 Å². The van der Waals surface area contributed by atoms with E-state index in [4.69, 9.17) is 9.15 Å². The molecule has 1 aromatic heterocycles. The minimum Gasteiger partial charge on any atom is -0.468 e. The van der Waals surface area contributed by atoms with Crippen molar-refractivity contribution in [1.29, 1.82) is 0 Å². The van der Waals surface area contributed by atoms with Crippen molar-refractivity contribution in [2.75, 3.05) is 6.54 Å². The summed E-state index contributed by atoms with van der Waals surface area (Å²) in [4.78, 5) is 11.8. The summed E-state index contributed by atoms with van der Waals surface area (Å²) in [5.74, 6) is 1.39. The van der Waals surface area contributed by atoms with Crippen LogP contribution in [0.1, 0.15) is 52.2 Å². The van der Waals surface area contributed by atoms with Gasteiger partial charge in [0, 0.05) is 12.6 Å². The fourth-order valence-electron chi connectivity index (χ4n) is 2.89. The van der Waals surface area contributed by atoms with Crippen LogP contribution in [0.4, 0.5) is 4.79 Å². The van der Waals surface area contributed by atoms with Gasteiger partial charge in [-0.05, 0) is 51.7 Å². The Morgan fingerprint density at radius 3 is 2.82 bits per heavy atom. The number of amides is 1. The second-order valence-corrected chi connectivity index (χ2v) is 6.99. The molecule has 2 rings (SSSR count). The zero-order valence-electron chi connectivity index (χ0n) is 13.9. The second-order valence-electron chi connectivity index (χ2n) is 6.99. The van der Waals surface area contributed by atoms with Crippen LogP contribution >= 0.6 is 0 Å². The molecule has 0 radical (unpaired) electrons. The van der Waals surface area contributed by atoms with Crippen LogP contribution in [0.3, 0.4) is 0 Å². The average molecular weight is 308 g/mol. The van der Waals surface area contributed by atoms with Crippen molar-refractivity contribution in [2.45, 2.75) is 64.6 Å². The summed E-state index contributed by atoms with van der Waals surface area (Å²) in [7, 11) is 0. The average Bonchev–Trinajstić information content (AvgIpc) is 2.95. The van der Waals surface area contributed by atoms with E-state index in [0.29, 0.717) is 18.5 Å². The Labute approximate surface area is 132 Å². The van der Waals surface area contributed by atoms with Gasteiger partial charge in [-0.15, -0.1) is 0 Å². The first-order valence-electron chi connectivity index (χ1n) is 8.16. The number of rotatable bonds is 5. The Balaban J connectivity index is 1.78. The molecule has 0 saturated heterocycles. The number of ether oxygens (including phenoxy) is 1. The molecule has 0 aliphatic heterocycles. The monoisotopic (exact) mass is 308 g/mol. The van der Waals surface area contributed by atoms with Gasteiger partial charge in [0.1, 0.15) is 11.4 Å². The van der Waals surface area contributed by atoms with E-state index in [9.17, 15) is 4.79 Å². The molecule has 1 heterocycles. The van der Waals surface area contributed by atoms with Crippen molar-refractivity contribution < 1.29 is 13.9 Å². The molecule has 2 unspecified atom stereocenters. The first-order valence-corrected chi connectivity index (χ1v) is 8.16. The highest BCUT2D eigenvalue weighted by atomic mass is 16.6. The summed E-state index contributed by atoms with van der Waals surface area (Å²) in [5, 5.41) is 6.47. The molecular formula is C17H28N2O3. The maximum atomic E-state index is 11.8. The van der Waals surface area contributed by atoms with Gasteiger partial charge in [0.2, 0.25) is 0 Å². The van der Waals surface area contributed by atoms with Gasteiger partial charge in [-0.3, -0.25) is 0 Å². The number of carbonyl (C=O) groups excluding carboxylic acids is 1. The topological polar surface area (TPSA) is 63.5 Å². The first-order chi connectivity index (χ1) is 10.4. The largest absolute Gasteiger partial charge is 0.468 e. The molecule has 1 aromatic rings. The van der Waals surface area contributed by atoms with Crippen LogP contribution < -0.4 is 10.6 Å². The smallest absolute Gasteiger partial charge is 0.407 e. The van der Waals surface area contributed by atoms with Crippen molar-refractivity contribution in [3.63, 3.8) is 0 Å². The quantitative estimate of drug-likeness (QED) is 0.874. The summed E-state index contributed by atoms with van der Waals surface area (Å²) >= 11 is 0. The molecule has 124 valence electrons. The van der Waals surface area contributed by atoms with Gasteiger partial charge in [-0.2, -0.15) is 0 Å². The van der Waals surface area contributed by atoms with E-state index < -0.39 is 5.60 Å². The Bertz CT molecular complexity index is 451. The lowest BCUT2D eigenvalue weighted by molar-refractivity contribution is 0.0510. The number of carbonyl (C=O) groups is 1. The van der Waals surface area contributed by atoms with Crippen LogP contribution in [0, 0.1) is 5.92 Å². The Morgan fingerprint density at radius 2 is 2.14 bits per heavy atom. The van der Waals surface area contributed by atoms with Crippen molar-refractivity contribution >= 4 is 6.09 Å². The Hall–Kier alpha value is -1.49. The maximum Gasteiger partial charge on any atom is 0.407 e. The minimum atomic E-state index is -0.451. The van der Waals surface area contributed by atoms with E-state index in [1.807, 2.05) is 32.9 Å². The fourth-order valence-corrected chi connectivity index (χ4v) is 2.89. The molecule has 5 nitrogen and oxygen atoms in total. The number of nitrogens with one attached hydrogen (secondary N) is 2. The standard InChI is InChI=1S/C17H28N2O3/c1-17(2,3)22-16(20)19-11-13-7-4-5-9-15(13)18-12-14-8-6-10-21-14/h6,8,10,13,15,18H,4-5,7,9,11-12H2,1-3H3,(H,19,20). The van der Waals surface area contributed by atoms with E-state index in [0.717, 1.165) is 25.1 Å². The third-order valence-corrected chi connectivity index (χ3v) is 3.94. The summed E-state index contributed by atoms with van der Waals surface area (Å²) in [6.45, 7) is 7.02. The first kappa shape index (κ1) is 16.9. The van der Waals surface area contributed by atoms with Crippen LogP contribution in [0.5, 0.6) is 0 Å². The van der Waals surface area contributed by atoms with E-state index >= 15 is 0 Å². The lowest BCUT2D eigenvalue weighted by atomic mass is 9.84. The Kier molecular flexibility index (Phi) is 5.89. The Morgan fingerprint density at radius 1 is 1.36 bits per heavy atom. The highest BCUT2D eigenvalue weighted by molar-refractivity contribution is 5.67. The van der Waals surface area contributed by atoms with E-state index in [-0.39, 0.29) is 6.09 Å². The van der Waals surface area contributed by atoms with Gasteiger partial charge in [-0.1, -0.05) is 12.8 Å². The van der Waals surface area contributed by atoms with E-state index in [1.165, 1.54) is 12.8 Å². The van der Waals surface area contributed by atoms with E-state index in [2.05, 4.69) is 10.6 Å². The third kappa shape index (κ3) is 5.72. The van der Waals surface area contributed by atoms with Gasteiger partial charge in [0.25, 0.3) is 0 Å². The molecule has 1 amide bonds. The molecule has 2 N–H and O–H groups in total. The molecule has 5 heteroatoms. The van der Waals surface area contributed by atoms with Gasteiger partial charge < -0.3 is 19.8 Å². The SMILES string of the molecule is CC(C)(C)OC(=O)NCC1CCCCC1NCc1ccco1. The maximum absolute atomic E-state index is 11.8. The van der Waals surface area contributed by atoms with Crippen molar-refractivity contribution in [3.8, 4) is 0 Å². The number of furan rings is 1. The molecule has 0 bridgehead atoms. The lowest BCUT2D eigenvalue weighted by Gasteiger charge is -2.32. The van der Waals surface area contributed by atoms with Gasteiger partial charge in [0.05, 0.1) is 12.8 Å². The van der Waals surface area contributed by atoms with Crippen molar-refractivity contribution in [2.24, 2.45) is 5.92 Å². The molecule has 0 aromatic carbocycles. The summed E-state index contributed by atoms with van der Waals surface area (Å²) in [6, 6.07) is 4.29. The van der Waals surface area contributed by atoms with Crippen molar-refractivity contribution in [1.82, 2.24) is 10.6 Å². The predicted octanol–water partition coefficient (Wildman–Crippen LogP) is 3.45. The van der Waals surface area contributed by atoms with Crippen LogP contribution in [0.2, 0.25) is 0 Å². The molecule has 1 aliphatic rings. The van der Waals surface area contributed by atoms with Gasteiger partial charge in [-0.25, -0.2) is 4.79 Å². The van der Waals surface area contributed by atoms with Crippen LogP contribution in [-0.4, -0.2) is 24.3 Å². The van der Waals surface area contributed by atoms with Gasteiger partial charge >= 0.3 is 6.09 Å². The summed E-state index contributed by atoms with van der Waals surface area (Å²) in [5.41, 5.74) is -0.451. The second kappa shape index (κ2) is 7.68. The summed E-state index contributed by atoms with van der Waals surface area (Å²) in [6.07, 6.45) is 6.09. The number of hydrogen-bond donors (Lipinski definition) is 2. The third-order valence-electron chi connectivity index (χ3n) is 3.94. The predicted molar refractivity (Wildman–Crippen MR) is 85.5 cm³/mol. The number of hydrogen-bond acceptors (Lipinski definition) is 4. The summed E-state index contributed by atoms with van der Waals surface area (Å²) < 4.78 is 10.7. The lowest BCUT2D eigenvalue weighted by Crippen LogP contribution is -2.44. The number of alkyl carbamates (subject to hydrolysis) is 1. The van der Waals surface area contributed by atoms with Crippen LogP contribution in [0.25, 0.3) is 0 Å². The van der Waals surface area contributed by atoms with Crippen LogP contribution in [0.15, 0.2) is 22.8 Å². The van der Waals surface area contributed by atoms with Crippen LogP contribution in [-0.2, 0) is 11.3 Å². The molecule has 1 saturated carbocycles. The molecule has 1 fully saturated rings. The highest BCUT2D eigenvalue weighted by Crippen LogP contribution is 2.24. The fraction of sp³-hybridized carbons (Fsp3) is 0.706. The zero-order chi connectivity index (χ0) is 16.0. The highest BCUT2D eigenvalue weighted by Gasteiger charge is 2.26.